The van der Waals surface area contributed by atoms with Gasteiger partial charge in [-0.1, -0.05) is 0 Å². The van der Waals surface area contributed by atoms with Gasteiger partial charge in [0.15, 0.2) is 0 Å². The molecule has 0 saturated heterocycles. The molecule has 0 radical (unpaired) electrons. The van der Waals surface area contributed by atoms with Crippen molar-refractivity contribution in [2.45, 2.75) is 13.0 Å². The molecule has 0 aliphatic rings. The van der Waals surface area contributed by atoms with Crippen molar-refractivity contribution < 1.29 is 13.9 Å². The zero-order valence-corrected chi connectivity index (χ0v) is 9.29. The second-order valence-electron chi connectivity index (χ2n) is 3.46. The van der Waals surface area contributed by atoms with Gasteiger partial charge in [0.1, 0.15) is 11.6 Å². The van der Waals surface area contributed by atoms with Crippen LogP contribution in [0.25, 0.3) is 0 Å². The Kier molecular flexibility index (Phi) is 4.25. The summed E-state index contributed by atoms with van der Waals surface area (Å²) in [6.45, 7) is 2.06. The van der Waals surface area contributed by atoms with Gasteiger partial charge in [0.05, 0.1) is 12.7 Å². The summed E-state index contributed by atoms with van der Waals surface area (Å²) in [5.41, 5.74) is 5.34. The first-order chi connectivity index (χ1) is 7.58. The van der Waals surface area contributed by atoms with Crippen molar-refractivity contribution in [1.29, 1.82) is 0 Å². The Morgan fingerprint density at radius 2 is 2.31 bits per heavy atom. The predicted octanol–water partition coefficient (Wildman–Crippen LogP) is 0.911. The monoisotopic (exact) mass is 226 g/mol. The molecule has 16 heavy (non-hydrogen) atoms. The van der Waals surface area contributed by atoms with Crippen LogP contribution >= 0.6 is 0 Å². The number of nitrogens with one attached hydrogen (secondary N) is 1. The summed E-state index contributed by atoms with van der Waals surface area (Å²) in [6, 6.07) is 3.90. The molecule has 1 aromatic rings. The van der Waals surface area contributed by atoms with Gasteiger partial charge < -0.3 is 15.8 Å². The topological polar surface area (TPSA) is 64.3 Å². The van der Waals surface area contributed by atoms with Gasteiger partial charge in [0, 0.05) is 18.7 Å². The van der Waals surface area contributed by atoms with Gasteiger partial charge in [-0.3, -0.25) is 4.79 Å². The molecular formula is C11H15FN2O2. The number of hydrogen-bond acceptors (Lipinski definition) is 3. The van der Waals surface area contributed by atoms with E-state index in [1.54, 1.807) is 6.92 Å². The fraction of sp³-hybridized carbons (Fsp3) is 0.364. The van der Waals surface area contributed by atoms with E-state index >= 15 is 0 Å². The number of ether oxygens (including phenoxy) is 1. The molecule has 0 fully saturated rings. The van der Waals surface area contributed by atoms with E-state index in [9.17, 15) is 9.18 Å². The molecule has 0 aliphatic heterocycles. The Hall–Kier alpha value is -1.62. The summed E-state index contributed by atoms with van der Waals surface area (Å²) in [4.78, 5) is 11.6. The summed E-state index contributed by atoms with van der Waals surface area (Å²) in [5, 5.41) is 2.58. The molecule has 1 unspecified atom stereocenters. The largest absolute Gasteiger partial charge is 0.497 e. The molecule has 1 amide bonds. The van der Waals surface area contributed by atoms with Crippen LogP contribution in [0.3, 0.4) is 0 Å². The van der Waals surface area contributed by atoms with Crippen LogP contribution in [0.5, 0.6) is 5.75 Å². The molecular weight excluding hydrogens is 211 g/mol. The number of carbonyl (C=O) groups is 1. The van der Waals surface area contributed by atoms with Crippen LogP contribution < -0.4 is 15.8 Å². The molecule has 4 nitrogen and oxygen atoms in total. The van der Waals surface area contributed by atoms with E-state index in [2.05, 4.69) is 5.32 Å². The molecule has 0 bridgehead atoms. The highest BCUT2D eigenvalue weighted by Gasteiger charge is 2.13. The lowest BCUT2D eigenvalue weighted by atomic mass is 10.1. The second-order valence-corrected chi connectivity index (χ2v) is 3.46. The van der Waals surface area contributed by atoms with E-state index in [4.69, 9.17) is 10.5 Å². The lowest BCUT2D eigenvalue weighted by Gasteiger charge is -2.12. The lowest BCUT2D eigenvalue weighted by Crippen LogP contribution is -2.38. The van der Waals surface area contributed by atoms with Crippen LogP contribution in [-0.2, 0) is 0 Å². The number of amides is 1. The minimum absolute atomic E-state index is 0.0129. The third-order valence-electron chi connectivity index (χ3n) is 2.15. The van der Waals surface area contributed by atoms with E-state index in [0.717, 1.165) is 0 Å². The molecule has 0 aliphatic carbocycles. The first-order valence-electron chi connectivity index (χ1n) is 4.93. The highest BCUT2D eigenvalue weighted by Crippen LogP contribution is 2.16. The quantitative estimate of drug-likeness (QED) is 0.802. The molecule has 0 heterocycles. The smallest absolute Gasteiger partial charge is 0.254 e. The van der Waals surface area contributed by atoms with Crippen LogP contribution in [0, 0.1) is 5.82 Å². The van der Waals surface area contributed by atoms with Crippen LogP contribution in [-0.4, -0.2) is 25.6 Å². The molecule has 0 aromatic heterocycles. The Morgan fingerprint density at radius 1 is 1.62 bits per heavy atom. The molecule has 0 saturated carbocycles. The van der Waals surface area contributed by atoms with E-state index in [0.29, 0.717) is 12.3 Å². The summed E-state index contributed by atoms with van der Waals surface area (Å²) >= 11 is 0. The van der Waals surface area contributed by atoms with Crippen LogP contribution in [0.4, 0.5) is 4.39 Å². The zero-order chi connectivity index (χ0) is 12.1. The molecule has 1 atom stereocenters. The molecule has 3 N–H and O–H groups in total. The molecule has 88 valence electrons. The summed E-state index contributed by atoms with van der Waals surface area (Å²) in [6.07, 6.45) is 0. The van der Waals surface area contributed by atoms with Gasteiger partial charge in [0.25, 0.3) is 5.91 Å². The number of rotatable bonds is 4. The molecule has 1 rings (SSSR count). The van der Waals surface area contributed by atoms with Gasteiger partial charge in [-0.2, -0.15) is 0 Å². The Morgan fingerprint density at radius 3 is 2.81 bits per heavy atom. The minimum Gasteiger partial charge on any atom is -0.497 e. The second kappa shape index (κ2) is 5.46. The van der Waals surface area contributed by atoms with Crippen LogP contribution in [0.2, 0.25) is 0 Å². The average molecular weight is 226 g/mol. The number of benzene rings is 1. The van der Waals surface area contributed by atoms with Gasteiger partial charge in [-0.15, -0.1) is 0 Å². The summed E-state index contributed by atoms with van der Waals surface area (Å²) in [5.74, 6) is -0.708. The van der Waals surface area contributed by atoms with Crippen LogP contribution in [0.1, 0.15) is 17.3 Å². The maximum atomic E-state index is 13.5. The van der Waals surface area contributed by atoms with Gasteiger partial charge >= 0.3 is 0 Å². The van der Waals surface area contributed by atoms with Crippen molar-refractivity contribution in [2.75, 3.05) is 13.7 Å². The lowest BCUT2D eigenvalue weighted by molar-refractivity contribution is 0.0937. The molecule has 5 heteroatoms. The SMILES string of the molecule is COc1ccc(C(=O)NC(C)CN)c(F)c1. The number of carbonyl (C=O) groups excluding carboxylic acids is 1. The van der Waals surface area contributed by atoms with E-state index in [1.807, 2.05) is 0 Å². The summed E-state index contributed by atoms with van der Waals surface area (Å²) < 4.78 is 18.3. The first kappa shape index (κ1) is 12.4. The minimum atomic E-state index is -0.610. The van der Waals surface area contributed by atoms with Crippen molar-refractivity contribution in [3.8, 4) is 5.75 Å². The van der Waals surface area contributed by atoms with Gasteiger partial charge in [-0.05, 0) is 19.1 Å². The highest BCUT2D eigenvalue weighted by molar-refractivity contribution is 5.94. The first-order valence-corrected chi connectivity index (χ1v) is 4.93. The van der Waals surface area contributed by atoms with Gasteiger partial charge in [-0.25, -0.2) is 4.39 Å². The third kappa shape index (κ3) is 2.93. The maximum Gasteiger partial charge on any atom is 0.254 e. The Balaban J connectivity index is 2.84. The molecule has 0 spiro atoms. The zero-order valence-electron chi connectivity index (χ0n) is 9.29. The number of hydrogen-bond donors (Lipinski definition) is 2. The fourth-order valence-electron chi connectivity index (χ4n) is 1.17. The standard InChI is InChI=1S/C11H15FN2O2/c1-7(6-13)14-11(15)9-4-3-8(16-2)5-10(9)12/h3-5,7H,6,13H2,1-2H3,(H,14,15). The number of nitrogens with two attached hydrogens (primary N) is 1. The Bertz CT molecular complexity index is 382. The highest BCUT2D eigenvalue weighted by atomic mass is 19.1. The number of methoxy groups -OCH3 is 1. The van der Waals surface area contributed by atoms with Crippen LogP contribution in [0.15, 0.2) is 18.2 Å². The number of halogens is 1. The normalized spacial score (nSPS) is 12.0. The predicted molar refractivity (Wildman–Crippen MR) is 58.9 cm³/mol. The summed E-state index contributed by atoms with van der Waals surface area (Å²) in [7, 11) is 1.44. The average Bonchev–Trinajstić information content (AvgIpc) is 2.28. The maximum absolute atomic E-state index is 13.5. The van der Waals surface area contributed by atoms with Crippen molar-refractivity contribution in [2.24, 2.45) is 5.73 Å². The van der Waals surface area contributed by atoms with Gasteiger partial charge in [0.2, 0.25) is 0 Å². The van der Waals surface area contributed by atoms with Crippen molar-refractivity contribution >= 4 is 5.91 Å². The van der Waals surface area contributed by atoms with E-state index < -0.39 is 11.7 Å². The third-order valence-corrected chi connectivity index (χ3v) is 2.15. The van der Waals surface area contributed by atoms with E-state index in [1.165, 1.54) is 25.3 Å². The Labute approximate surface area is 93.6 Å². The van der Waals surface area contributed by atoms with Crippen molar-refractivity contribution in [3.05, 3.63) is 29.6 Å². The van der Waals surface area contributed by atoms with E-state index in [-0.39, 0.29) is 11.6 Å². The van der Waals surface area contributed by atoms with Crippen molar-refractivity contribution in [1.82, 2.24) is 5.32 Å². The molecule has 1 aromatic carbocycles. The van der Waals surface area contributed by atoms with Crippen molar-refractivity contribution in [3.63, 3.8) is 0 Å². The fourth-order valence-corrected chi connectivity index (χ4v) is 1.17.